The maximum Gasteiger partial charge on any atom is 0.251 e. The number of carbonyl (C=O) groups excluding carboxylic acids is 1. The first-order chi connectivity index (χ1) is 10.2. The lowest BCUT2D eigenvalue weighted by molar-refractivity contribution is 0.0944. The molecule has 1 unspecified atom stereocenters. The van der Waals surface area contributed by atoms with Gasteiger partial charge in [0.05, 0.1) is 13.2 Å². The van der Waals surface area contributed by atoms with Crippen LogP contribution in [0, 0.1) is 24.7 Å². The normalized spacial score (nSPS) is 17.1. The van der Waals surface area contributed by atoms with Crippen molar-refractivity contribution in [3.63, 3.8) is 0 Å². The highest BCUT2D eigenvalue weighted by Gasteiger charge is 2.17. The van der Waals surface area contributed by atoms with Crippen molar-refractivity contribution >= 4 is 5.91 Å². The summed E-state index contributed by atoms with van der Waals surface area (Å²) >= 11 is 0. The highest BCUT2D eigenvalue weighted by molar-refractivity contribution is 5.96. The van der Waals surface area contributed by atoms with E-state index in [0.29, 0.717) is 24.4 Å². The van der Waals surface area contributed by atoms with Gasteiger partial charge in [-0.15, -0.1) is 0 Å². The molecule has 1 aromatic carbocycles. The van der Waals surface area contributed by atoms with E-state index in [9.17, 15) is 4.79 Å². The monoisotopic (exact) mass is 287 g/mol. The third-order valence-electron chi connectivity index (χ3n) is 3.53. The zero-order valence-electron chi connectivity index (χ0n) is 12.3. The Balaban J connectivity index is 2.01. The number of rotatable bonds is 4. The summed E-state index contributed by atoms with van der Waals surface area (Å²) in [7, 11) is 0. The van der Waals surface area contributed by atoms with E-state index in [1.165, 1.54) is 0 Å². The Morgan fingerprint density at radius 3 is 3.10 bits per heavy atom. The van der Waals surface area contributed by atoms with E-state index in [4.69, 9.17) is 9.84 Å². The zero-order valence-corrected chi connectivity index (χ0v) is 12.3. The fourth-order valence-corrected chi connectivity index (χ4v) is 2.24. The van der Waals surface area contributed by atoms with Crippen LogP contribution in [0.3, 0.4) is 0 Å². The van der Waals surface area contributed by atoms with Gasteiger partial charge in [-0.05, 0) is 31.0 Å². The highest BCUT2D eigenvalue weighted by atomic mass is 16.5. The van der Waals surface area contributed by atoms with Crippen molar-refractivity contribution in [1.29, 1.82) is 0 Å². The van der Waals surface area contributed by atoms with Gasteiger partial charge in [0.25, 0.3) is 5.91 Å². The van der Waals surface area contributed by atoms with Gasteiger partial charge in [0.2, 0.25) is 0 Å². The number of ether oxygens (including phenoxy) is 1. The first-order valence-corrected chi connectivity index (χ1v) is 7.27. The Morgan fingerprint density at radius 1 is 1.52 bits per heavy atom. The molecule has 1 aliphatic rings. The first kappa shape index (κ1) is 15.6. The number of aryl methyl sites for hydroxylation is 1. The van der Waals surface area contributed by atoms with Crippen molar-refractivity contribution < 1.29 is 14.6 Å². The molecule has 0 spiro atoms. The Morgan fingerprint density at radius 2 is 2.38 bits per heavy atom. The minimum Gasteiger partial charge on any atom is -0.395 e. The molecule has 0 radical (unpaired) electrons. The molecule has 1 saturated heterocycles. The fourth-order valence-electron chi connectivity index (χ4n) is 2.24. The molecule has 21 heavy (non-hydrogen) atoms. The molecule has 1 aliphatic heterocycles. The summed E-state index contributed by atoms with van der Waals surface area (Å²) < 4.78 is 5.30. The van der Waals surface area contributed by atoms with Gasteiger partial charge in [-0.1, -0.05) is 17.9 Å². The van der Waals surface area contributed by atoms with Gasteiger partial charge in [0.15, 0.2) is 0 Å². The average molecular weight is 287 g/mol. The predicted molar refractivity (Wildman–Crippen MR) is 81.0 cm³/mol. The first-order valence-electron chi connectivity index (χ1n) is 7.27. The summed E-state index contributed by atoms with van der Waals surface area (Å²) in [6.07, 6.45) is 1.45. The van der Waals surface area contributed by atoms with Crippen molar-refractivity contribution in [3.05, 3.63) is 34.9 Å². The molecule has 0 bridgehead atoms. The molecule has 1 atom stereocenters. The third kappa shape index (κ3) is 4.59. The van der Waals surface area contributed by atoms with Gasteiger partial charge < -0.3 is 15.2 Å². The van der Waals surface area contributed by atoms with Gasteiger partial charge in [0.1, 0.15) is 0 Å². The summed E-state index contributed by atoms with van der Waals surface area (Å²) in [5.74, 6) is 6.17. The maximum atomic E-state index is 12.3. The van der Waals surface area contributed by atoms with Crippen LogP contribution >= 0.6 is 0 Å². The van der Waals surface area contributed by atoms with E-state index >= 15 is 0 Å². The van der Waals surface area contributed by atoms with E-state index < -0.39 is 0 Å². The van der Waals surface area contributed by atoms with Crippen molar-refractivity contribution in [3.8, 4) is 11.8 Å². The van der Waals surface area contributed by atoms with Crippen LogP contribution in [0.5, 0.6) is 0 Å². The quantitative estimate of drug-likeness (QED) is 0.825. The summed E-state index contributed by atoms with van der Waals surface area (Å²) in [6.45, 7) is 4.13. The number of amides is 1. The third-order valence-corrected chi connectivity index (χ3v) is 3.53. The van der Waals surface area contributed by atoms with Crippen LogP contribution in [-0.4, -0.2) is 37.4 Å². The topological polar surface area (TPSA) is 58.6 Å². The number of hydrogen-bond donors (Lipinski definition) is 2. The predicted octanol–water partition coefficient (Wildman–Crippen LogP) is 1.50. The van der Waals surface area contributed by atoms with E-state index in [0.717, 1.165) is 30.8 Å². The highest BCUT2D eigenvalue weighted by Crippen LogP contribution is 2.13. The van der Waals surface area contributed by atoms with Crippen LogP contribution in [0.1, 0.15) is 34.3 Å². The van der Waals surface area contributed by atoms with Gasteiger partial charge in [-0.3, -0.25) is 4.79 Å². The molecule has 112 valence electrons. The number of benzene rings is 1. The van der Waals surface area contributed by atoms with Crippen molar-refractivity contribution in [2.75, 3.05) is 26.4 Å². The summed E-state index contributed by atoms with van der Waals surface area (Å²) in [6, 6.07) is 5.60. The molecule has 4 nitrogen and oxygen atoms in total. The molecular weight excluding hydrogens is 266 g/mol. The molecule has 2 rings (SSSR count). The minimum absolute atomic E-state index is 0.0513. The number of aliphatic hydroxyl groups is 1. The summed E-state index contributed by atoms with van der Waals surface area (Å²) in [4.78, 5) is 12.3. The van der Waals surface area contributed by atoms with E-state index in [1.807, 2.05) is 19.1 Å². The Hall–Kier alpha value is -1.83. The lowest BCUT2D eigenvalue weighted by Gasteiger charge is -2.11. The summed E-state index contributed by atoms with van der Waals surface area (Å²) in [5.41, 5.74) is 2.39. The number of aliphatic hydroxyl groups excluding tert-OH is 1. The molecule has 1 fully saturated rings. The van der Waals surface area contributed by atoms with Crippen molar-refractivity contribution in [2.24, 2.45) is 5.92 Å². The lowest BCUT2D eigenvalue weighted by atomic mass is 10.0. The van der Waals surface area contributed by atoms with Crippen LogP contribution < -0.4 is 5.32 Å². The second kappa shape index (κ2) is 7.82. The number of hydrogen-bond acceptors (Lipinski definition) is 3. The second-order valence-corrected chi connectivity index (χ2v) is 5.24. The van der Waals surface area contributed by atoms with Crippen molar-refractivity contribution in [1.82, 2.24) is 5.32 Å². The average Bonchev–Trinajstić information content (AvgIpc) is 3.00. The number of carbonyl (C=O) groups is 1. The summed E-state index contributed by atoms with van der Waals surface area (Å²) in [5, 5.41) is 11.7. The maximum absolute atomic E-state index is 12.3. The SMILES string of the molecule is Cc1ccc(C#CCCO)cc1C(=O)NCC1CCOC1. The molecule has 0 aliphatic carbocycles. The van der Waals surface area contributed by atoms with Crippen molar-refractivity contribution in [2.45, 2.75) is 19.8 Å². The fraction of sp³-hybridized carbons (Fsp3) is 0.471. The number of nitrogens with one attached hydrogen (secondary N) is 1. The van der Waals surface area contributed by atoms with Gasteiger partial charge >= 0.3 is 0 Å². The molecule has 4 heteroatoms. The van der Waals surface area contributed by atoms with E-state index in [2.05, 4.69) is 17.2 Å². The molecule has 1 amide bonds. The molecule has 0 saturated carbocycles. The molecule has 2 N–H and O–H groups in total. The van der Waals surface area contributed by atoms with Gasteiger partial charge in [0, 0.05) is 36.6 Å². The Bertz CT molecular complexity index is 551. The molecule has 1 heterocycles. The molecular formula is C17H21NO3. The Kier molecular flexibility index (Phi) is 5.79. The zero-order chi connectivity index (χ0) is 15.1. The van der Waals surface area contributed by atoms with Crippen LogP contribution in [0.15, 0.2) is 18.2 Å². The second-order valence-electron chi connectivity index (χ2n) is 5.24. The lowest BCUT2D eigenvalue weighted by Crippen LogP contribution is -2.30. The van der Waals surface area contributed by atoms with Crippen LogP contribution in [0.2, 0.25) is 0 Å². The standard InChI is InChI=1S/C17H21NO3/c1-13-5-6-14(4-2-3-8-19)10-16(13)17(20)18-11-15-7-9-21-12-15/h5-6,10,15,19H,3,7-9,11-12H2,1H3,(H,18,20). The van der Waals surface area contributed by atoms with Crippen LogP contribution in [-0.2, 0) is 4.74 Å². The smallest absolute Gasteiger partial charge is 0.251 e. The van der Waals surface area contributed by atoms with Crippen LogP contribution in [0.25, 0.3) is 0 Å². The molecule has 0 aromatic heterocycles. The van der Waals surface area contributed by atoms with Crippen LogP contribution in [0.4, 0.5) is 0 Å². The minimum atomic E-state index is -0.0646. The Labute approximate surface area is 125 Å². The van der Waals surface area contributed by atoms with Gasteiger partial charge in [-0.25, -0.2) is 0 Å². The van der Waals surface area contributed by atoms with E-state index in [1.54, 1.807) is 6.07 Å². The van der Waals surface area contributed by atoms with Gasteiger partial charge in [-0.2, -0.15) is 0 Å². The van der Waals surface area contributed by atoms with E-state index in [-0.39, 0.29) is 12.5 Å². The largest absolute Gasteiger partial charge is 0.395 e. The molecule has 1 aromatic rings.